The molecular weight excluding hydrogens is 276 g/mol. The zero-order valence-corrected chi connectivity index (χ0v) is 12.3. The van der Waals surface area contributed by atoms with Gasteiger partial charge in [0.2, 0.25) is 0 Å². The largest absolute Gasteiger partial charge is 0.365 e. The van der Waals surface area contributed by atoms with Gasteiger partial charge >= 0.3 is 0 Å². The van der Waals surface area contributed by atoms with Crippen LogP contribution in [0.15, 0.2) is 48.8 Å². The van der Waals surface area contributed by atoms with Crippen molar-refractivity contribution < 1.29 is 0 Å². The Morgan fingerprint density at radius 1 is 1.14 bits per heavy atom. The Morgan fingerprint density at radius 3 is 2.95 bits per heavy atom. The first kappa shape index (κ1) is 13.2. The highest BCUT2D eigenvalue weighted by molar-refractivity contribution is 5.43. The topological polar surface area (TPSA) is 58.3 Å². The Bertz CT molecular complexity index is 753. The lowest BCUT2D eigenvalue weighted by Crippen LogP contribution is -2.26. The van der Waals surface area contributed by atoms with E-state index in [2.05, 4.69) is 55.8 Å². The molecule has 22 heavy (non-hydrogen) atoms. The molecule has 0 saturated carbocycles. The summed E-state index contributed by atoms with van der Waals surface area (Å²) in [6, 6.07) is 14.9. The van der Waals surface area contributed by atoms with Crippen molar-refractivity contribution in [3.8, 4) is 0 Å². The van der Waals surface area contributed by atoms with Gasteiger partial charge in [-0.2, -0.15) is 4.52 Å². The number of nitrogens with one attached hydrogen (secondary N) is 1. The summed E-state index contributed by atoms with van der Waals surface area (Å²) >= 11 is 0. The van der Waals surface area contributed by atoms with E-state index in [-0.39, 0.29) is 0 Å². The number of rotatable bonds is 4. The molecule has 0 unspecified atom stereocenters. The summed E-state index contributed by atoms with van der Waals surface area (Å²) in [5, 5.41) is 15.8. The second-order valence-electron chi connectivity index (χ2n) is 5.70. The zero-order valence-electron chi connectivity index (χ0n) is 12.3. The molecule has 0 radical (unpaired) electrons. The van der Waals surface area contributed by atoms with Crippen LogP contribution in [0.25, 0.3) is 5.65 Å². The Balaban J connectivity index is 1.38. The third kappa shape index (κ3) is 2.78. The number of nitrogens with zero attached hydrogens (tertiary/aromatic N) is 5. The van der Waals surface area contributed by atoms with E-state index in [1.807, 2.05) is 12.1 Å². The van der Waals surface area contributed by atoms with Crippen LogP contribution in [0.1, 0.15) is 12.0 Å². The van der Waals surface area contributed by atoms with E-state index in [9.17, 15) is 0 Å². The van der Waals surface area contributed by atoms with E-state index in [0.717, 1.165) is 37.5 Å². The van der Waals surface area contributed by atoms with Crippen molar-refractivity contribution in [2.24, 2.45) is 0 Å². The lowest BCUT2D eigenvalue weighted by Gasteiger charge is -2.17. The fourth-order valence-corrected chi connectivity index (χ4v) is 2.95. The molecule has 0 amide bonds. The first-order valence-electron chi connectivity index (χ1n) is 7.57. The molecule has 0 bridgehead atoms. The summed E-state index contributed by atoms with van der Waals surface area (Å²) in [6.07, 6.45) is 2.76. The van der Waals surface area contributed by atoms with Crippen LogP contribution in [0.2, 0.25) is 0 Å². The SMILES string of the molecule is c1ccc(CN2CC[C@@H](Nc3ccc4nncn4n3)C2)cc1. The third-order valence-electron chi connectivity index (χ3n) is 4.04. The average molecular weight is 294 g/mol. The smallest absolute Gasteiger partial charge is 0.177 e. The molecule has 1 fully saturated rings. The van der Waals surface area contributed by atoms with Crippen LogP contribution in [0.3, 0.4) is 0 Å². The first-order valence-corrected chi connectivity index (χ1v) is 7.57. The van der Waals surface area contributed by atoms with E-state index in [1.165, 1.54) is 5.56 Å². The van der Waals surface area contributed by atoms with Crippen LogP contribution in [0.4, 0.5) is 5.82 Å². The van der Waals surface area contributed by atoms with Gasteiger partial charge in [0.25, 0.3) is 0 Å². The predicted molar refractivity (Wildman–Crippen MR) is 84.5 cm³/mol. The minimum atomic E-state index is 0.435. The minimum Gasteiger partial charge on any atom is -0.365 e. The Labute approximate surface area is 128 Å². The predicted octanol–water partition coefficient (Wildman–Crippen LogP) is 1.81. The second kappa shape index (κ2) is 5.73. The maximum absolute atomic E-state index is 4.47. The maximum Gasteiger partial charge on any atom is 0.177 e. The summed E-state index contributed by atoms with van der Waals surface area (Å²) in [5.41, 5.74) is 2.13. The molecule has 0 spiro atoms. The molecular formula is C16H18N6. The fraction of sp³-hybridized carbons (Fsp3) is 0.312. The number of anilines is 1. The molecule has 112 valence electrons. The van der Waals surface area contributed by atoms with Gasteiger partial charge in [-0.05, 0) is 24.1 Å². The van der Waals surface area contributed by atoms with Gasteiger partial charge in [0.15, 0.2) is 5.65 Å². The lowest BCUT2D eigenvalue weighted by atomic mass is 10.2. The molecule has 6 heteroatoms. The van der Waals surface area contributed by atoms with Crippen molar-refractivity contribution in [3.05, 3.63) is 54.4 Å². The van der Waals surface area contributed by atoms with Gasteiger partial charge in [-0.1, -0.05) is 30.3 Å². The molecule has 6 nitrogen and oxygen atoms in total. The van der Waals surface area contributed by atoms with Crippen LogP contribution >= 0.6 is 0 Å². The van der Waals surface area contributed by atoms with E-state index >= 15 is 0 Å². The van der Waals surface area contributed by atoms with Crippen molar-refractivity contribution in [3.63, 3.8) is 0 Å². The van der Waals surface area contributed by atoms with Crippen LogP contribution < -0.4 is 5.32 Å². The van der Waals surface area contributed by atoms with Crippen LogP contribution in [-0.2, 0) is 6.54 Å². The first-order chi connectivity index (χ1) is 10.9. The standard InChI is InChI=1S/C16H18N6/c1-2-4-13(5-3-1)10-21-9-8-14(11-21)18-15-6-7-16-19-17-12-22(16)20-15/h1-7,12,14H,8-11H2,(H,18,20)/t14-/m1/s1. The normalized spacial score (nSPS) is 18.8. The van der Waals surface area contributed by atoms with Gasteiger partial charge in [0.1, 0.15) is 12.1 Å². The number of hydrogen-bond donors (Lipinski definition) is 1. The molecule has 1 N–H and O–H groups in total. The Kier molecular flexibility index (Phi) is 3.44. The molecule has 0 aliphatic carbocycles. The van der Waals surface area contributed by atoms with Crippen molar-refractivity contribution in [2.45, 2.75) is 19.0 Å². The summed E-state index contributed by atoms with van der Waals surface area (Å²) in [6.45, 7) is 3.16. The monoisotopic (exact) mass is 294 g/mol. The summed E-state index contributed by atoms with van der Waals surface area (Å²) in [4.78, 5) is 2.48. The van der Waals surface area contributed by atoms with Gasteiger partial charge < -0.3 is 5.32 Å². The highest BCUT2D eigenvalue weighted by Crippen LogP contribution is 2.17. The van der Waals surface area contributed by atoms with E-state index in [4.69, 9.17) is 0 Å². The molecule has 1 saturated heterocycles. The van der Waals surface area contributed by atoms with E-state index < -0.39 is 0 Å². The Hall–Kier alpha value is -2.47. The summed E-state index contributed by atoms with van der Waals surface area (Å²) in [7, 11) is 0. The molecule has 1 atom stereocenters. The fourth-order valence-electron chi connectivity index (χ4n) is 2.95. The molecule has 3 heterocycles. The van der Waals surface area contributed by atoms with Crippen molar-refractivity contribution >= 4 is 11.5 Å². The van der Waals surface area contributed by atoms with Gasteiger partial charge in [-0.15, -0.1) is 15.3 Å². The summed E-state index contributed by atoms with van der Waals surface area (Å²) < 4.78 is 1.69. The number of likely N-dealkylation sites (tertiary alicyclic amines) is 1. The zero-order chi connectivity index (χ0) is 14.8. The molecule has 1 aromatic carbocycles. The number of fused-ring (bicyclic) bond motifs is 1. The maximum atomic E-state index is 4.47. The van der Waals surface area contributed by atoms with Crippen molar-refractivity contribution in [2.75, 3.05) is 18.4 Å². The van der Waals surface area contributed by atoms with Gasteiger partial charge in [0.05, 0.1) is 0 Å². The number of benzene rings is 1. The average Bonchev–Trinajstić information content (AvgIpc) is 3.17. The van der Waals surface area contributed by atoms with Gasteiger partial charge in [0, 0.05) is 25.7 Å². The molecule has 1 aliphatic rings. The van der Waals surface area contributed by atoms with Gasteiger partial charge in [-0.25, -0.2) is 0 Å². The lowest BCUT2D eigenvalue weighted by molar-refractivity contribution is 0.328. The van der Waals surface area contributed by atoms with Crippen LogP contribution in [0.5, 0.6) is 0 Å². The van der Waals surface area contributed by atoms with E-state index in [1.54, 1.807) is 10.8 Å². The molecule has 4 rings (SSSR count). The van der Waals surface area contributed by atoms with Crippen molar-refractivity contribution in [1.82, 2.24) is 24.7 Å². The Morgan fingerprint density at radius 2 is 2.05 bits per heavy atom. The molecule has 3 aromatic rings. The minimum absolute atomic E-state index is 0.435. The van der Waals surface area contributed by atoms with Crippen LogP contribution in [-0.4, -0.2) is 43.8 Å². The van der Waals surface area contributed by atoms with Crippen molar-refractivity contribution in [1.29, 1.82) is 0 Å². The van der Waals surface area contributed by atoms with Gasteiger partial charge in [-0.3, -0.25) is 4.90 Å². The number of hydrogen-bond acceptors (Lipinski definition) is 5. The number of aromatic nitrogens is 4. The molecule has 2 aromatic heterocycles. The highest BCUT2D eigenvalue weighted by Gasteiger charge is 2.22. The highest BCUT2D eigenvalue weighted by atomic mass is 15.4. The third-order valence-corrected chi connectivity index (χ3v) is 4.04. The van der Waals surface area contributed by atoms with E-state index in [0.29, 0.717) is 6.04 Å². The quantitative estimate of drug-likeness (QED) is 0.795. The molecule has 1 aliphatic heterocycles. The second-order valence-corrected chi connectivity index (χ2v) is 5.70. The van der Waals surface area contributed by atoms with Crippen LogP contribution in [0, 0.1) is 0 Å². The summed E-state index contributed by atoms with van der Waals surface area (Å²) in [5.74, 6) is 0.874.